The molecule has 0 aliphatic carbocycles. The van der Waals surface area contributed by atoms with Gasteiger partial charge in [0.15, 0.2) is 0 Å². The van der Waals surface area contributed by atoms with E-state index in [1.165, 1.54) is 0 Å². The van der Waals surface area contributed by atoms with Gasteiger partial charge in [-0.05, 0) is 12.3 Å². The molecule has 1 atom stereocenters. The van der Waals surface area contributed by atoms with E-state index in [1.54, 1.807) is 11.1 Å². The fourth-order valence-electron chi connectivity index (χ4n) is 1.98. The van der Waals surface area contributed by atoms with Crippen molar-refractivity contribution in [3.63, 3.8) is 0 Å². The molecule has 88 valence electrons. The Morgan fingerprint density at radius 2 is 2.44 bits per heavy atom. The van der Waals surface area contributed by atoms with Gasteiger partial charge in [0.2, 0.25) is 5.91 Å². The van der Waals surface area contributed by atoms with Gasteiger partial charge in [-0.1, -0.05) is 6.92 Å². The Hall–Kier alpha value is -1.03. The standard InChI is InChI=1S/C11H16ClN3O/c1-2-3-14-8-10(6-13-14)15-7-9(5-12)4-11(15)16/h6,8-9H,2-5,7H2,1H3. The molecule has 1 amide bonds. The lowest BCUT2D eigenvalue weighted by atomic mass is 10.1. The van der Waals surface area contributed by atoms with E-state index in [2.05, 4.69) is 12.0 Å². The van der Waals surface area contributed by atoms with Crippen LogP contribution in [0.25, 0.3) is 0 Å². The van der Waals surface area contributed by atoms with Crippen LogP contribution in [0, 0.1) is 5.92 Å². The van der Waals surface area contributed by atoms with Crippen molar-refractivity contribution in [3.8, 4) is 0 Å². The van der Waals surface area contributed by atoms with Gasteiger partial charge in [0.05, 0.1) is 11.9 Å². The van der Waals surface area contributed by atoms with E-state index in [1.807, 2.05) is 10.9 Å². The molecule has 1 saturated heterocycles. The van der Waals surface area contributed by atoms with Gasteiger partial charge in [0, 0.05) is 31.6 Å². The monoisotopic (exact) mass is 241 g/mol. The number of carbonyl (C=O) groups is 1. The van der Waals surface area contributed by atoms with Crippen molar-refractivity contribution in [2.45, 2.75) is 26.3 Å². The van der Waals surface area contributed by atoms with E-state index >= 15 is 0 Å². The largest absolute Gasteiger partial charge is 0.309 e. The number of carbonyl (C=O) groups excluding carboxylic acids is 1. The van der Waals surface area contributed by atoms with Crippen LogP contribution in [-0.4, -0.2) is 28.1 Å². The van der Waals surface area contributed by atoms with Crippen LogP contribution in [0.4, 0.5) is 5.69 Å². The highest BCUT2D eigenvalue weighted by atomic mass is 35.5. The number of aryl methyl sites for hydroxylation is 1. The molecule has 0 saturated carbocycles. The second-order valence-corrected chi connectivity index (χ2v) is 4.50. The van der Waals surface area contributed by atoms with Gasteiger partial charge in [-0.25, -0.2) is 0 Å². The Labute approximate surface area is 100 Å². The Morgan fingerprint density at radius 3 is 3.06 bits per heavy atom. The maximum Gasteiger partial charge on any atom is 0.227 e. The predicted molar refractivity (Wildman–Crippen MR) is 63.7 cm³/mol. The van der Waals surface area contributed by atoms with Crippen molar-refractivity contribution in [2.75, 3.05) is 17.3 Å². The van der Waals surface area contributed by atoms with Crippen molar-refractivity contribution in [3.05, 3.63) is 12.4 Å². The first-order valence-corrected chi connectivity index (χ1v) is 6.16. The van der Waals surface area contributed by atoms with E-state index in [4.69, 9.17) is 11.6 Å². The molecule has 1 aromatic rings. The van der Waals surface area contributed by atoms with Crippen LogP contribution in [-0.2, 0) is 11.3 Å². The number of rotatable bonds is 4. The van der Waals surface area contributed by atoms with Crippen LogP contribution in [0.3, 0.4) is 0 Å². The molecule has 1 aromatic heterocycles. The number of amides is 1. The first-order valence-electron chi connectivity index (χ1n) is 5.63. The minimum Gasteiger partial charge on any atom is -0.309 e. The molecule has 5 heteroatoms. The van der Waals surface area contributed by atoms with Gasteiger partial charge < -0.3 is 4.90 Å². The highest BCUT2D eigenvalue weighted by molar-refractivity contribution is 6.18. The van der Waals surface area contributed by atoms with Crippen LogP contribution < -0.4 is 4.90 Å². The van der Waals surface area contributed by atoms with E-state index < -0.39 is 0 Å². The van der Waals surface area contributed by atoms with E-state index in [0.29, 0.717) is 12.3 Å². The zero-order valence-electron chi connectivity index (χ0n) is 9.40. The summed E-state index contributed by atoms with van der Waals surface area (Å²) in [7, 11) is 0. The topological polar surface area (TPSA) is 38.1 Å². The SMILES string of the molecule is CCCn1cc(N2CC(CCl)CC2=O)cn1. The van der Waals surface area contributed by atoms with Crippen LogP contribution in [0.5, 0.6) is 0 Å². The van der Waals surface area contributed by atoms with Crippen molar-refractivity contribution in [1.82, 2.24) is 9.78 Å². The summed E-state index contributed by atoms with van der Waals surface area (Å²) >= 11 is 5.78. The van der Waals surface area contributed by atoms with Gasteiger partial charge in [-0.2, -0.15) is 5.10 Å². The zero-order valence-corrected chi connectivity index (χ0v) is 10.2. The lowest BCUT2D eigenvalue weighted by molar-refractivity contribution is -0.117. The predicted octanol–water partition coefficient (Wildman–Crippen LogP) is 1.88. The van der Waals surface area contributed by atoms with Gasteiger partial charge in [0.25, 0.3) is 0 Å². The fraction of sp³-hybridized carbons (Fsp3) is 0.636. The third-order valence-corrected chi connectivity index (χ3v) is 3.24. The first kappa shape index (κ1) is 11.5. The van der Waals surface area contributed by atoms with Crippen molar-refractivity contribution >= 4 is 23.2 Å². The number of hydrogen-bond donors (Lipinski definition) is 0. The second-order valence-electron chi connectivity index (χ2n) is 4.19. The summed E-state index contributed by atoms with van der Waals surface area (Å²) in [5.74, 6) is 0.983. The number of anilines is 1. The van der Waals surface area contributed by atoms with Gasteiger partial charge >= 0.3 is 0 Å². The molecule has 1 aliphatic heterocycles. The molecule has 2 heterocycles. The Morgan fingerprint density at radius 1 is 1.62 bits per heavy atom. The highest BCUT2D eigenvalue weighted by Crippen LogP contribution is 2.25. The van der Waals surface area contributed by atoms with Crippen LogP contribution in [0.2, 0.25) is 0 Å². The number of alkyl halides is 1. The molecule has 0 bridgehead atoms. The minimum absolute atomic E-state index is 0.154. The molecule has 1 fully saturated rings. The van der Waals surface area contributed by atoms with E-state index in [9.17, 15) is 4.79 Å². The quantitative estimate of drug-likeness (QED) is 0.755. The van der Waals surface area contributed by atoms with Crippen LogP contribution in [0.1, 0.15) is 19.8 Å². The number of halogens is 1. The highest BCUT2D eigenvalue weighted by Gasteiger charge is 2.30. The molecule has 0 aromatic carbocycles. The lowest BCUT2D eigenvalue weighted by Crippen LogP contribution is -2.24. The summed E-state index contributed by atoms with van der Waals surface area (Å²) in [5.41, 5.74) is 0.895. The fourth-order valence-corrected chi connectivity index (χ4v) is 2.18. The normalized spacial score (nSPS) is 20.8. The second kappa shape index (κ2) is 4.87. The third kappa shape index (κ3) is 2.21. The van der Waals surface area contributed by atoms with Gasteiger partial charge in [-0.3, -0.25) is 9.48 Å². The average Bonchev–Trinajstić information content (AvgIpc) is 2.85. The van der Waals surface area contributed by atoms with Gasteiger partial charge in [-0.15, -0.1) is 11.6 Å². The minimum atomic E-state index is 0.154. The molecule has 2 rings (SSSR count). The molecule has 1 aliphatic rings. The van der Waals surface area contributed by atoms with Crippen LogP contribution in [0.15, 0.2) is 12.4 Å². The lowest BCUT2D eigenvalue weighted by Gasteiger charge is -2.13. The third-order valence-electron chi connectivity index (χ3n) is 2.81. The smallest absolute Gasteiger partial charge is 0.227 e. The number of hydrogen-bond acceptors (Lipinski definition) is 2. The summed E-state index contributed by atoms with van der Waals surface area (Å²) < 4.78 is 1.87. The van der Waals surface area contributed by atoms with Crippen molar-refractivity contribution in [1.29, 1.82) is 0 Å². The summed E-state index contributed by atoms with van der Waals surface area (Å²) in [6.45, 7) is 3.72. The molecule has 4 nitrogen and oxygen atoms in total. The van der Waals surface area contributed by atoms with Crippen molar-refractivity contribution < 1.29 is 4.79 Å². The molecular formula is C11H16ClN3O. The summed E-state index contributed by atoms with van der Waals surface area (Å²) in [6.07, 6.45) is 5.28. The maximum absolute atomic E-state index is 11.7. The van der Waals surface area contributed by atoms with Crippen molar-refractivity contribution in [2.24, 2.45) is 5.92 Å². The molecular weight excluding hydrogens is 226 g/mol. The van der Waals surface area contributed by atoms with Crippen LogP contribution >= 0.6 is 11.6 Å². The van der Waals surface area contributed by atoms with Gasteiger partial charge in [0.1, 0.15) is 0 Å². The Kier molecular flexibility index (Phi) is 3.49. The molecule has 0 N–H and O–H groups in total. The molecule has 0 spiro atoms. The Bertz CT molecular complexity index is 377. The molecule has 16 heavy (non-hydrogen) atoms. The summed E-state index contributed by atoms with van der Waals surface area (Å²) in [5, 5.41) is 4.23. The first-order chi connectivity index (χ1) is 7.74. The summed E-state index contributed by atoms with van der Waals surface area (Å²) in [6, 6.07) is 0. The van der Waals surface area contributed by atoms with E-state index in [0.717, 1.165) is 25.2 Å². The molecule has 1 unspecified atom stereocenters. The average molecular weight is 242 g/mol. The molecule has 0 radical (unpaired) electrons. The summed E-state index contributed by atoms with van der Waals surface area (Å²) in [4.78, 5) is 13.5. The number of aromatic nitrogens is 2. The zero-order chi connectivity index (χ0) is 11.5. The van der Waals surface area contributed by atoms with E-state index in [-0.39, 0.29) is 11.8 Å². The maximum atomic E-state index is 11.7. The number of nitrogens with zero attached hydrogens (tertiary/aromatic N) is 3. The Balaban J connectivity index is 2.09.